The molecule has 0 aliphatic rings. The van der Waals surface area contributed by atoms with E-state index in [1.807, 2.05) is 24.3 Å². The van der Waals surface area contributed by atoms with Gasteiger partial charge in [0.2, 0.25) is 0 Å². The second kappa shape index (κ2) is 5.74. The molecule has 0 saturated heterocycles. The topological polar surface area (TPSA) is 42.0 Å². The van der Waals surface area contributed by atoms with Crippen molar-refractivity contribution in [3.8, 4) is 0 Å². The third-order valence-electron chi connectivity index (χ3n) is 2.87. The maximum absolute atomic E-state index is 12.2. The van der Waals surface area contributed by atoms with Gasteiger partial charge < -0.3 is 5.32 Å². The molecule has 0 fully saturated rings. The van der Waals surface area contributed by atoms with Gasteiger partial charge >= 0.3 is 0 Å². The van der Waals surface area contributed by atoms with Crippen molar-refractivity contribution >= 4 is 16.6 Å². The largest absolute Gasteiger partial charge is 0.314 e. The molecule has 1 N–H and O–H groups in total. The fraction of sp³-hybridized carbons (Fsp3) is 0.333. The zero-order valence-electron chi connectivity index (χ0n) is 10.8. The number of aromatic nitrogens is 1. The molecule has 0 aliphatic carbocycles. The molecular formula is C15H18N2O. The second-order valence-corrected chi connectivity index (χ2v) is 4.69. The van der Waals surface area contributed by atoms with Crippen LogP contribution < -0.4 is 5.32 Å². The molecule has 3 heteroatoms. The predicted octanol–water partition coefficient (Wildman–Crippen LogP) is 2.81. The molecule has 94 valence electrons. The summed E-state index contributed by atoms with van der Waals surface area (Å²) in [6.07, 6.45) is 3.96. The number of Topliss-reactive ketones (excluding diaryl/α,β-unsaturated/α-hetero) is 1. The van der Waals surface area contributed by atoms with Crippen LogP contribution >= 0.6 is 0 Å². The highest BCUT2D eigenvalue weighted by Gasteiger charge is 2.10. The summed E-state index contributed by atoms with van der Waals surface area (Å²) in [4.78, 5) is 16.3. The number of carbonyl (C=O) groups is 1. The number of pyridine rings is 1. The number of nitrogens with one attached hydrogen (secondary N) is 1. The molecule has 1 heterocycles. The first-order valence-electron chi connectivity index (χ1n) is 6.28. The average molecular weight is 242 g/mol. The Labute approximate surface area is 107 Å². The van der Waals surface area contributed by atoms with Crippen LogP contribution in [-0.2, 0) is 0 Å². The van der Waals surface area contributed by atoms with Crippen LogP contribution in [0.25, 0.3) is 10.8 Å². The van der Waals surface area contributed by atoms with Crippen LogP contribution in [0.2, 0.25) is 0 Å². The van der Waals surface area contributed by atoms with Gasteiger partial charge in [-0.1, -0.05) is 38.1 Å². The van der Waals surface area contributed by atoms with Crippen molar-refractivity contribution in [2.75, 3.05) is 6.54 Å². The zero-order valence-corrected chi connectivity index (χ0v) is 10.8. The summed E-state index contributed by atoms with van der Waals surface area (Å²) in [7, 11) is 0. The molecule has 0 unspecified atom stereocenters. The van der Waals surface area contributed by atoms with Gasteiger partial charge in [-0.15, -0.1) is 0 Å². The second-order valence-electron chi connectivity index (χ2n) is 4.69. The average Bonchev–Trinajstić information content (AvgIpc) is 2.37. The summed E-state index contributed by atoms with van der Waals surface area (Å²) in [5, 5.41) is 5.26. The fourth-order valence-corrected chi connectivity index (χ4v) is 1.95. The van der Waals surface area contributed by atoms with Gasteiger partial charge in [0.1, 0.15) is 0 Å². The van der Waals surface area contributed by atoms with Crippen molar-refractivity contribution < 1.29 is 4.79 Å². The molecule has 2 aromatic rings. The fourth-order valence-electron chi connectivity index (χ4n) is 1.95. The Morgan fingerprint density at radius 1 is 1.28 bits per heavy atom. The third kappa shape index (κ3) is 2.93. The maximum Gasteiger partial charge on any atom is 0.166 e. The summed E-state index contributed by atoms with van der Waals surface area (Å²) in [6, 6.07) is 8.26. The minimum atomic E-state index is 0.146. The van der Waals surface area contributed by atoms with Crippen molar-refractivity contribution in [2.45, 2.75) is 26.3 Å². The Balaban J connectivity index is 2.17. The molecule has 0 saturated carbocycles. The number of hydrogen-bond donors (Lipinski definition) is 1. The van der Waals surface area contributed by atoms with E-state index in [1.165, 1.54) is 0 Å². The maximum atomic E-state index is 12.2. The summed E-state index contributed by atoms with van der Waals surface area (Å²) >= 11 is 0. The van der Waals surface area contributed by atoms with Crippen LogP contribution in [0.3, 0.4) is 0 Å². The molecule has 1 aromatic heterocycles. The summed E-state index contributed by atoms with van der Waals surface area (Å²) in [5.41, 5.74) is 0.721. The van der Waals surface area contributed by atoms with E-state index < -0.39 is 0 Å². The van der Waals surface area contributed by atoms with Crippen LogP contribution in [0.4, 0.5) is 0 Å². The Hall–Kier alpha value is -1.74. The Bertz CT molecular complexity index is 544. The van der Waals surface area contributed by atoms with Gasteiger partial charge in [0.15, 0.2) is 5.78 Å². The molecule has 0 radical (unpaired) electrons. The van der Waals surface area contributed by atoms with E-state index in [0.717, 1.165) is 16.3 Å². The number of fused-ring (bicyclic) bond motifs is 1. The first-order valence-corrected chi connectivity index (χ1v) is 6.28. The van der Waals surface area contributed by atoms with Crippen LogP contribution in [-0.4, -0.2) is 23.4 Å². The highest BCUT2D eigenvalue weighted by molar-refractivity contribution is 6.07. The molecule has 2 rings (SSSR count). The van der Waals surface area contributed by atoms with E-state index in [1.54, 1.807) is 12.4 Å². The van der Waals surface area contributed by atoms with Gasteiger partial charge in [0.05, 0.1) is 0 Å². The third-order valence-corrected chi connectivity index (χ3v) is 2.87. The van der Waals surface area contributed by atoms with Crippen molar-refractivity contribution in [1.29, 1.82) is 0 Å². The number of hydrogen-bond acceptors (Lipinski definition) is 3. The lowest BCUT2D eigenvalue weighted by Gasteiger charge is -2.08. The Morgan fingerprint density at radius 3 is 2.83 bits per heavy atom. The highest BCUT2D eigenvalue weighted by atomic mass is 16.1. The number of ketones is 1. The molecule has 0 amide bonds. The van der Waals surface area contributed by atoms with Gasteiger partial charge in [-0.2, -0.15) is 0 Å². The van der Waals surface area contributed by atoms with E-state index in [4.69, 9.17) is 0 Å². The summed E-state index contributed by atoms with van der Waals surface area (Å²) in [6.45, 7) is 4.85. The molecule has 18 heavy (non-hydrogen) atoms. The molecule has 0 bridgehead atoms. The van der Waals surface area contributed by atoms with Crippen molar-refractivity contribution in [3.63, 3.8) is 0 Å². The van der Waals surface area contributed by atoms with Crippen molar-refractivity contribution in [3.05, 3.63) is 42.2 Å². The quantitative estimate of drug-likeness (QED) is 0.820. The molecule has 1 aromatic carbocycles. The number of rotatable bonds is 5. The normalized spacial score (nSPS) is 11.1. The smallest absolute Gasteiger partial charge is 0.166 e. The minimum absolute atomic E-state index is 0.146. The monoisotopic (exact) mass is 242 g/mol. The van der Waals surface area contributed by atoms with E-state index in [9.17, 15) is 4.79 Å². The van der Waals surface area contributed by atoms with Crippen LogP contribution in [0.5, 0.6) is 0 Å². The zero-order chi connectivity index (χ0) is 13.0. The van der Waals surface area contributed by atoms with Gasteiger partial charge in [0, 0.05) is 42.4 Å². The number of nitrogens with zero attached hydrogens (tertiary/aromatic N) is 1. The molecule has 0 atom stereocenters. The summed E-state index contributed by atoms with van der Waals surface area (Å²) < 4.78 is 0. The molecule has 0 aliphatic heterocycles. The lowest BCUT2D eigenvalue weighted by Crippen LogP contribution is -2.25. The Kier molecular flexibility index (Phi) is 4.05. The van der Waals surface area contributed by atoms with E-state index >= 15 is 0 Å². The lowest BCUT2D eigenvalue weighted by atomic mass is 10.0. The van der Waals surface area contributed by atoms with Gasteiger partial charge in [0.25, 0.3) is 0 Å². The van der Waals surface area contributed by atoms with Crippen LogP contribution in [0, 0.1) is 0 Å². The first-order chi connectivity index (χ1) is 8.68. The van der Waals surface area contributed by atoms with E-state index in [2.05, 4.69) is 24.1 Å². The van der Waals surface area contributed by atoms with Crippen molar-refractivity contribution in [1.82, 2.24) is 10.3 Å². The van der Waals surface area contributed by atoms with E-state index in [-0.39, 0.29) is 5.78 Å². The van der Waals surface area contributed by atoms with Crippen LogP contribution in [0.1, 0.15) is 30.6 Å². The van der Waals surface area contributed by atoms with Crippen LogP contribution in [0.15, 0.2) is 36.7 Å². The summed E-state index contributed by atoms with van der Waals surface area (Å²) in [5.74, 6) is 0.146. The molecular weight excluding hydrogens is 224 g/mol. The lowest BCUT2D eigenvalue weighted by molar-refractivity contribution is 0.0983. The molecule has 0 spiro atoms. The SMILES string of the molecule is CC(C)NCCC(=O)c1cncc2ccccc12. The first kappa shape index (κ1) is 12.7. The molecule has 3 nitrogen and oxygen atoms in total. The standard InChI is InChI=1S/C15H18N2O/c1-11(2)17-8-7-15(18)14-10-16-9-12-5-3-4-6-13(12)14/h3-6,9-11,17H,7-8H2,1-2H3. The van der Waals surface area contributed by atoms with Gasteiger partial charge in [-0.25, -0.2) is 0 Å². The van der Waals surface area contributed by atoms with E-state index in [0.29, 0.717) is 19.0 Å². The van der Waals surface area contributed by atoms with Gasteiger partial charge in [-0.3, -0.25) is 9.78 Å². The number of carbonyl (C=O) groups excluding carboxylic acids is 1. The van der Waals surface area contributed by atoms with Gasteiger partial charge in [-0.05, 0) is 5.39 Å². The highest BCUT2D eigenvalue weighted by Crippen LogP contribution is 2.18. The Morgan fingerprint density at radius 2 is 2.06 bits per heavy atom. The minimum Gasteiger partial charge on any atom is -0.314 e. The predicted molar refractivity (Wildman–Crippen MR) is 73.8 cm³/mol. The van der Waals surface area contributed by atoms with Crippen molar-refractivity contribution in [2.24, 2.45) is 0 Å². The number of benzene rings is 1.